The molecular weight excluding hydrogens is 358 g/mol. The van der Waals surface area contributed by atoms with Crippen molar-refractivity contribution in [3.63, 3.8) is 0 Å². The first-order valence-electron chi connectivity index (χ1n) is 5.84. The SMILES string of the molecule is C[C@@H]1CN(S(=O)(=O)c2cc(CCl)oc2Br)C[C@H](C)O1. The van der Waals surface area contributed by atoms with Crippen LogP contribution in [0.1, 0.15) is 19.6 Å². The summed E-state index contributed by atoms with van der Waals surface area (Å²) in [6.07, 6.45) is -0.256. The lowest BCUT2D eigenvalue weighted by atomic mass is 10.3. The number of furan rings is 1. The van der Waals surface area contributed by atoms with Gasteiger partial charge in [0.2, 0.25) is 10.0 Å². The van der Waals surface area contributed by atoms with Crippen LogP contribution in [-0.4, -0.2) is 38.0 Å². The van der Waals surface area contributed by atoms with Crippen molar-refractivity contribution in [2.24, 2.45) is 0 Å². The van der Waals surface area contributed by atoms with Gasteiger partial charge in [-0.1, -0.05) is 0 Å². The van der Waals surface area contributed by atoms with Gasteiger partial charge < -0.3 is 9.15 Å². The summed E-state index contributed by atoms with van der Waals surface area (Å²) in [6.45, 7) is 4.38. The largest absolute Gasteiger partial charge is 0.452 e. The number of sulfonamides is 1. The van der Waals surface area contributed by atoms with Crippen LogP contribution < -0.4 is 0 Å². The molecule has 0 aliphatic carbocycles. The maximum Gasteiger partial charge on any atom is 0.247 e. The van der Waals surface area contributed by atoms with Crippen molar-refractivity contribution in [3.8, 4) is 0 Å². The Labute approximate surface area is 126 Å². The van der Waals surface area contributed by atoms with Crippen molar-refractivity contribution < 1.29 is 17.6 Å². The molecule has 0 unspecified atom stereocenters. The number of morpholine rings is 1. The van der Waals surface area contributed by atoms with Crippen LogP contribution >= 0.6 is 27.5 Å². The summed E-state index contributed by atoms with van der Waals surface area (Å²) in [5, 5.41) is 0. The zero-order valence-electron chi connectivity index (χ0n) is 10.6. The summed E-state index contributed by atoms with van der Waals surface area (Å²) in [6, 6.07) is 1.46. The molecule has 1 saturated heterocycles. The number of hydrogen-bond acceptors (Lipinski definition) is 4. The molecule has 108 valence electrons. The number of nitrogens with zero attached hydrogens (tertiary/aromatic N) is 1. The van der Waals surface area contributed by atoms with Crippen molar-refractivity contribution in [3.05, 3.63) is 16.5 Å². The molecule has 1 aromatic heterocycles. The van der Waals surface area contributed by atoms with Gasteiger partial charge in [0.1, 0.15) is 10.7 Å². The first-order chi connectivity index (χ1) is 8.84. The molecule has 2 rings (SSSR count). The van der Waals surface area contributed by atoms with E-state index in [4.69, 9.17) is 20.8 Å². The minimum absolute atomic E-state index is 0.115. The summed E-state index contributed by atoms with van der Waals surface area (Å²) in [7, 11) is -3.59. The molecule has 0 radical (unpaired) electrons. The van der Waals surface area contributed by atoms with E-state index in [1.54, 1.807) is 0 Å². The fourth-order valence-electron chi connectivity index (χ4n) is 2.11. The van der Waals surface area contributed by atoms with Crippen LogP contribution in [0.4, 0.5) is 0 Å². The van der Waals surface area contributed by atoms with E-state index >= 15 is 0 Å². The molecule has 0 bridgehead atoms. The van der Waals surface area contributed by atoms with Gasteiger partial charge in [-0.3, -0.25) is 0 Å². The fourth-order valence-corrected chi connectivity index (χ4v) is 4.79. The van der Waals surface area contributed by atoms with Gasteiger partial charge in [-0.15, -0.1) is 11.6 Å². The van der Waals surface area contributed by atoms with Gasteiger partial charge in [-0.2, -0.15) is 4.31 Å². The van der Waals surface area contributed by atoms with Crippen LogP contribution in [0.5, 0.6) is 0 Å². The van der Waals surface area contributed by atoms with E-state index in [0.29, 0.717) is 18.8 Å². The zero-order valence-corrected chi connectivity index (χ0v) is 13.8. The molecule has 0 amide bonds. The smallest absolute Gasteiger partial charge is 0.247 e. The molecule has 1 fully saturated rings. The van der Waals surface area contributed by atoms with E-state index in [-0.39, 0.29) is 27.7 Å². The molecule has 1 aliphatic heterocycles. The van der Waals surface area contributed by atoms with Crippen molar-refractivity contribution >= 4 is 37.6 Å². The van der Waals surface area contributed by atoms with Gasteiger partial charge in [0, 0.05) is 19.2 Å². The normalized spacial score (nSPS) is 25.7. The number of rotatable bonds is 3. The predicted octanol–water partition coefficient (Wildman–Crippen LogP) is 2.58. The number of ether oxygens (including phenoxy) is 1. The monoisotopic (exact) mass is 371 g/mol. The highest BCUT2D eigenvalue weighted by molar-refractivity contribution is 9.10. The van der Waals surface area contributed by atoms with Gasteiger partial charge in [0.05, 0.1) is 18.1 Å². The lowest BCUT2D eigenvalue weighted by molar-refractivity contribution is -0.0441. The Morgan fingerprint density at radius 2 is 2.00 bits per heavy atom. The second-order valence-electron chi connectivity index (χ2n) is 4.56. The average Bonchev–Trinajstić information content (AvgIpc) is 2.70. The zero-order chi connectivity index (χ0) is 14.2. The Balaban J connectivity index is 2.33. The maximum absolute atomic E-state index is 12.6. The third-order valence-electron chi connectivity index (χ3n) is 2.84. The highest BCUT2D eigenvalue weighted by Crippen LogP contribution is 2.30. The van der Waals surface area contributed by atoms with E-state index in [0.717, 1.165) is 0 Å². The molecular formula is C11H15BrClNO4S. The first kappa shape index (κ1) is 15.3. The van der Waals surface area contributed by atoms with Gasteiger partial charge >= 0.3 is 0 Å². The maximum atomic E-state index is 12.6. The predicted molar refractivity (Wildman–Crippen MR) is 74.7 cm³/mol. The third-order valence-corrected chi connectivity index (χ3v) is 5.79. The summed E-state index contributed by atoms with van der Waals surface area (Å²) < 4.78 is 37.5. The minimum Gasteiger partial charge on any atom is -0.452 e. The Hall–Kier alpha value is -0.0800. The third kappa shape index (κ3) is 3.16. The Bertz CT molecular complexity index is 549. The van der Waals surface area contributed by atoms with Gasteiger partial charge in [0.25, 0.3) is 0 Å². The van der Waals surface area contributed by atoms with Crippen molar-refractivity contribution in [2.45, 2.75) is 36.8 Å². The first-order valence-corrected chi connectivity index (χ1v) is 8.61. The lowest BCUT2D eigenvalue weighted by Crippen LogP contribution is -2.48. The number of alkyl halides is 1. The molecule has 1 aliphatic rings. The van der Waals surface area contributed by atoms with Crippen molar-refractivity contribution in [2.75, 3.05) is 13.1 Å². The second kappa shape index (κ2) is 5.73. The number of halogens is 2. The van der Waals surface area contributed by atoms with Crippen LogP contribution in [0.2, 0.25) is 0 Å². The molecule has 0 saturated carbocycles. The molecule has 2 heterocycles. The Morgan fingerprint density at radius 1 is 1.42 bits per heavy atom. The molecule has 0 aromatic carbocycles. The number of hydrogen-bond donors (Lipinski definition) is 0. The molecule has 8 heteroatoms. The standard InChI is InChI=1S/C11H15BrClNO4S/c1-7-5-14(6-8(2)17-7)19(15,16)10-3-9(4-13)18-11(10)12/h3,7-8H,4-6H2,1-2H3/t7-,8+. The van der Waals surface area contributed by atoms with Crippen molar-refractivity contribution in [1.29, 1.82) is 0 Å². The van der Waals surface area contributed by atoms with Crippen LogP contribution in [0, 0.1) is 0 Å². The van der Waals surface area contributed by atoms with Crippen LogP contribution in [0.15, 0.2) is 20.0 Å². The average molecular weight is 373 g/mol. The van der Waals surface area contributed by atoms with E-state index in [9.17, 15) is 8.42 Å². The highest BCUT2D eigenvalue weighted by Gasteiger charge is 2.34. The minimum atomic E-state index is -3.59. The van der Waals surface area contributed by atoms with Gasteiger partial charge in [0.15, 0.2) is 4.67 Å². The molecule has 19 heavy (non-hydrogen) atoms. The van der Waals surface area contributed by atoms with Crippen LogP contribution in [0.3, 0.4) is 0 Å². The van der Waals surface area contributed by atoms with E-state index in [1.807, 2.05) is 13.8 Å². The topological polar surface area (TPSA) is 59.8 Å². The fraction of sp³-hybridized carbons (Fsp3) is 0.636. The van der Waals surface area contributed by atoms with Gasteiger partial charge in [-0.25, -0.2) is 8.42 Å². The Morgan fingerprint density at radius 3 is 2.47 bits per heavy atom. The molecule has 5 nitrogen and oxygen atoms in total. The van der Waals surface area contributed by atoms with Gasteiger partial charge in [-0.05, 0) is 29.8 Å². The molecule has 0 N–H and O–H groups in total. The van der Waals surface area contributed by atoms with E-state index in [1.165, 1.54) is 10.4 Å². The summed E-state index contributed by atoms with van der Waals surface area (Å²) in [4.78, 5) is 0.115. The quantitative estimate of drug-likeness (QED) is 0.765. The van der Waals surface area contributed by atoms with Crippen LogP contribution in [0.25, 0.3) is 0 Å². The summed E-state index contributed by atoms with van der Waals surface area (Å²) in [5.41, 5.74) is 0. The summed E-state index contributed by atoms with van der Waals surface area (Å²) in [5.74, 6) is 0.547. The lowest BCUT2D eigenvalue weighted by Gasteiger charge is -2.34. The van der Waals surface area contributed by atoms with Crippen LogP contribution in [-0.2, 0) is 20.6 Å². The Kier molecular flexibility index (Phi) is 4.62. The van der Waals surface area contributed by atoms with E-state index < -0.39 is 10.0 Å². The molecule has 2 atom stereocenters. The highest BCUT2D eigenvalue weighted by atomic mass is 79.9. The molecule has 1 aromatic rings. The second-order valence-corrected chi connectivity index (χ2v) is 7.46. The molecule has 0 spiro atoms. The summed E-state index contributed by atoms with van der Waals surface area (Å²) >= 11 is 8.78. The van der Waals surface area contributed by atoms with Crippen molar-refractivity contribution in [1.82, 2.24) is 4.31 Å². The van der Waals surface area contributed by atoms with E-state index in [2.05, 4.69) is 15.9 Å².